The van der Waals surface area contributed by atoms with Crippen molar-refractivity contribution in [2.24, 2.45) is 16.7 Å². The minimum Gasteiger partial charge on any atom is -0.458 e. The van der Waals surface area contributed by atoms with Gasteiger partial charge in [0.25, 0.3) is 0 Å². The van der Waals surface area contributed by atoms with E-state index >= 15 is 0 Å². The van der Waals surface area contributed by atoms with Crippen molar-refractivity contribution in [1.82, 2.24) is 4.40 Å². The van der Waals surface area contributed by atoms with E-state index in [1.165, 1.54) is 0 Å². The number of ether oxygens (including phenoxy) is 1. The molecule has 5 heteroatoms. The fraction of sp³-hybridized carbons (Fsp3) is 0.370. The molecule has 3 aliphatic carbocycles. The highest BCUT2D eigenvalue weighted by Gasteiger charge is 2.63. The Hall–Kier alpha value is -3.21. The van der Waals surface area contributed by atoms with E-state index in [1.807, 2.05) is 6.07 Å². The Bertz CT molecular complexity index is 1350. The van der Waals surface area contributed by atoms with Gasteiger partial charge in [0.15, 0.2) is 5.78 Å². The second-order valence-electron chi connectivity index (χ2n) is 10.3. The van der Waals surface area contributed by atoms with E-state index in [0.29, 0.717) is 22.6 Å². The summed E-state index contributed by atoms with van der Waals surface area (Å²) >= 11 is 0. The largest absolute Gasteiger partial charge is 0.458 e. The molecule has 162 valence electrons. The lowest BCUT2D eigenvalue weighted by atomic mass is 9.70. The number of carbonyl (C=O) groups is 3. The molecule has 0 saturated heterocycles. The first kappa shape index (κ1) is 19.5. The van der Waals surface area contributed by atoms with Gasteiger partial charge in [0.1, 0.15) is 11.8 Å². The van der Waals surface area contributed by atoms with Gasteiger partial charge in [0.2, 0.25) is 5.78 Å². The quantitative estimate of drug-likeness (QED) is 0.418. The lowest BCUT2D eigenvalue weighted by Crippen LogP contribution is -2.38. The summed E-state index contributed by atoms with van der Waals surface area (Å²) in [6.45, 7) is 6.76. The molecule has 3 aromatic rings. The third-order valence-corrected chi connectivity index (χ3v) is 8.87. The van der Waals surface area contributed by atoms with Crippen molar-refractivity contribution in [3.63, 3.8) is 0 Å². The first-order valence-electron chi connectivity index (χ1n) is 11.3. The predicted octanol–water partition coefficient (Wildman–Crippen LogP) is 5.09. The maximum absolute atomic E-state index is 13.6. The molecule has 6 rings (SSSR count). The van der Waals surface area contributed by atoms with Gasteiger partial charge in [0, 0.05) is 22.7 Å². The number of hydrogen-bond donors (Lipinski definition) is 0. The van der Waals surface area contributed by atoms with Gasteiger partial charge in [0.05, 0.1) is 16.6 Å². The number of carbonyl (C=O) groups excluding carboxylic acids is 3. The van der Waals surface area contributed by atoms with E-state index in [9.17, 15) is 14.4 Å². The Morgan fingerprint density at radius 1 is 1.00 bits per heavy atom. The predicted molar refractivity (Wildman–Crippen MR) is 119 cm³/mol. The molecule has 2 fully saturated rings. The first-order valence-corrected chi connectivity index (χ1v) is 11.3. The summed E-state index contributed by atoms with van der Waals surface area (Å²) in [6, 6.07) is 12.2. The van der Waals surface area contributed by atoms with Crippen molar-refractivity contribution in [3.8, 4) is 0 Å². The smallest absolute Gasteiger partial charge is 0.341 e. The SMILES string of the molecule is CC1(C)[C@@H]2CC[C@@]1(C)[C@H](OC(=O)c1c3c(n4ccccc14)C(=O)c1ccccc1C3=O)C2. The number of fused-ring (bicyclic) bond motifs is 6. The van der Waals surface area contributed by atoms with Crippen LogP contribution in [0.3, 0.4) is 0 Å². The molecule has 2 heterocycles. The van der Waals surface area contributed by atoms with Crippen molar-refractivity contribution in [3.05, 3.63) is 76.6 Å². The second-order valence-corrected chi connectivity index (χ2v) is 10.3. The molecule has 1 aromatic carbocycles. The van der Waals surface area contributed by atoms with Gasteiger partial charge in [-0.1, -0.05) is 51.1 Å². The summed E-state index contributed by atoms with van der Waals surface area (Å²) in [5.74, 6) is -0.529. The van der Waals surface area contributed by atoms with Crippen LogP contribution in [0.4, 0.5) is 0 Å². The highest BCUT2D eigenvalue weighted by molar-refractivity contribution is 6.31. The number of rotatable bonds is 2. The van der Waals surface area contributed by atoms with Crippen LogP contribution in [0, 0.1) is 16.7 Å². The Morgan fingerprint density at radius 2 is 1.69 bits per heavy atom. The molecule has 3 atom stereocenters. The number of aromatic nitrogens is 1. The highest BCUT2D eigenvalue weighted by atomic mass is 16.5. The molecule has 0 aliphatic heterocycles. The van der Waals surface area contributed by atoms with Gasteiger partial charge in [-0.05, 0) is 42.7 Å². The third kappa shape index (κ3) is 2.21. The Morgan fingerprint density at radius 3 is 2.34 bits per heavy atom. The molecule has 0 amide bonds. The summed E-state index contributed by atoms with van der Waals surface area (Å²) in [5.41, 5.74) is 1.87. The third-order valence-electron chi connectivity index (χ3n) is 8.87. The molecule has 3 aliphatic rings. The minimum absolute atomic E-state index is 0.0879. The molecule has 5 nitrogen and oxygen atoms in total. The lowest BCUT2D eigenvalue weighted by molar-refractivity contribution is -0.0241. The average Bonchev–Trinajstić information content (AvgIpc) is 3.31. The molecule has 2 saturated carbocycles. The van der Waals surface area contributed by atoms with Gasteiger partial charge >= 0.3 is 5.97 Å². The maximum Gasteiger partial charge on any atom is 0.341 e. The van der Waals surface area contributed by atoms with Crippen LogP contribution in [0.2, 0.25) is 0 Å². The molecule has 0 radical (unpaired) electrons. The minimum atomic E-state index is -0.509. The first-order chi connectivity index (χ1) is 15.3. The van der Waals surface area contributed by atoms with Crippen molar-refractivity contribution in [2.45, 2.75) is 46.1 Å². The zero-order chi connectivity index (χ0) is 22.4. The van der Waals surface area contributed by atoms with E-state index in [1.54, 1.807) is 47.0 Å². The molecular formula is C27H25NO4. The molecule has 2 bridgehead atoms. The molecule has 0 N–H and O–H groups in total. The highest BCUT2D eigenvalue weighted by Crippen LogP contribution is 2.66. The van der Waals surface area contributed by atoms with Gasteiger partial charge in [-0.15, -0.1) is 0 Å². The number of ketones is 2. The van der Waals surface area contributed by atoms with Crippen LogP contribution >= 0.6 is 0 Å². The van der Waals surface area contributed by atoms with E-state index in [2.05, 4.69) is 20.8 Å². The average molecular weight is 428 g/mol. The maximum atomic E-state index is 13.6. The number of esters is 1. The van der Waals surface area contributed by atoms with E-state index in [4.69, 9.17) is 4.74 Å². The Kier molecular flexibility index (Phi) is 3.76. The van der Waals surface area contributed by atoms with Gasteiger partial charge in [-0.3, -0.25) is 9.59 Å². The van der Waals surface area contributed by atoms with Crippen LogP contribution in [0.1, 0.15) is 82.4 Å². The topological polar surface area (TPSA) is 64.8 Å². The zero-order valence-corrected chi connectivity index (χ0v) is 18.5. The summed E-state index contributed by atoms with van der Waals surface area (Å²) in [5, 5.41) is 0. The van der Waals surface area contributed by atoms with Crippen molar-refractivity contribution >= 4 is 23.1 Å². The number of nitrogens with zero attached hydrogens (tertiary/aromatic N) is 1. The van der Waals surface area contributed by atoms with Gasteiger partial charge in [-0.2, -0.15) is 0 Å². The van der Waals surface area contributed by atoms with Crippen LogP contribution in [0.25, 0.3) is 5.52 Å². The van der Waals surface area contributed by atoms with E-state index < -0.39 is 5.97 Å². The molecule has 32 heavy (non-hydrogen) atoms. The Balaban J connectivity index is 1.49. The second kappa shape index (κ2) is 6.18. The van der Waals surface area contributed by atoms with Crippen molar-refractivity contribution in [1.29, 1.82) is 0 Å². The monoisotopic (exact) mass is 427 g/mol. The van der Waals surface area contributed by atoms with E-state index in [0.717, 1.165) is 19.3 Å². The van der Waals surface area contributed by atoms with E-state index in [-0.39, 0.29) is 45.3 Å². The van der Waals surface area contributed by atoms with Crippen molar-refractivity contribution < 1.29 is 19.1 Å². The molecule has 0 unspecified atom stereocenters. The fourth-order valence-electron chi connectivity index (χ4n) is 6.50. The van der Waals surface area contributed by atoms with Crippen LogP contribution in [0.15, 0.2) is 48.7 Å². The standard InChI is InChI=1S/C27H25NO4/c1-26(2)15-11-12-27(26,3)19(14-15)32-25(31)20-18-10-6-7-13-28(18)22-21(20)23(29)16-8-4-5-9-17(16)24(22)30/h4-10,13,15,19H,11-12,14H2,1-3H3/t15-,19-,27+/m1/s1. The summed E-state index contributed by atoms with van der Waals surface area (Å²) in [7, 11) is 0. The van der Waals surface area contributed by atoms with Gasteiger partial charge in [-0.25, -0.2) is 4.79 Å². The summed E-state index contributed by atoms with van der Waals surface area (Å²) in [6.07, 6.45) is 4.57. The molecule has 0 spiro atoms. The summed E-state index contributed by atoms with van der Waals surface area (Å²) < 4.78 is 7.82. The van der Waals surface area contributed by atoms with Crippen LogP contribution in [-0.4, -0.2) is 28.0 Å². The fourth-order valence-corrected chi connectivity index (χ4v) is 6.50. The summed E-state index contributed by atoms with van der Waals surface area (Å²) in [4.78, 5) is 40.5. The lowest BCUT2D eigenvalue weighted by Gasteiger charge is -2.38. The molecule has 2 aromatic heterocycles. The molecular weight excluding hydrogens is 402 g/mol. The van der Waals surface area contributed by atoms with Crippen molar-refractivity contribution in [2.75, 3.05) is 0 Å². The van der Waals surface area contributed by atoms with Gasteiger partial charge < -0.3 is 9.14 Å². The number of hydrogen-bond acceptors (Lipinski definition) is 4. The van der Waals surface area contributed by atoms with Crippen LogP contribution < -0.4 is 0 Å². The van der Waals surface area contributed by atoms with Crippen LogP contribution in [0.5, 0.6) is 0 Å². The normalized spacial score (nSPS) is 27.5. The Labute approximate surface area is 186 Å². The van der Waals surface area contributed by atoms with Crippen LogP contribution in [-0.2, 0) is 4.74 Å². The number of benzene rings is 1. The number of pyridine rings is 1. The zero-order valence-electron chi connectivity index (χ0n) is 18.5.